The highest BCUT2D eigenvalue weighted by Gasteiger charge is 2.30. The molecule has 0 amide bonds. The second-order valence-corrected chi connectivity index (χ2v) is 5.08. The van der Waals surface area contributed by atoms with Gasteiger partial charge in [0.25, 0.3) is 0 Å². The zero-order valence-electron chi connectivity index (χ0n) is 11.7. The standard InChI is InChI=1S/C15H23FN2O/c1-17-15(13-5-3-4-6-14(13)16)11-18(9-10-19-2)12-7-8-12/h3-6,12,15,17H,7-11H2,1-2H3. The second-order valence-electron chi connectivity index (χ2n) is 5.08. The number of hydrogen-bond acceptors (Lipinski definition) is 3. The van der Waals surface area contributed by atoms with Crippen LogP contribution in [0.25, 0.3) is 0 Å². The van der Waals surface area contributed by atoms with E-state index in [2.05, 4.69) is 10.2 Å². The van der Waals surface area contributed by atoms with Crippen LogP contribution in [0.4, 0.5) is 4.39 Å². The lowest BCUT2D eigenvalue weighted by Gasteiger charge is -2.27. The Morgan fingerprint density at radius 3 is 2.74 bits per heavy atom. The maximum Gasteiger partial charge on any atom is 0.128 e. The van der Waals surface area contributed by atoms with Crippen LogP contribution >= 0.6 is 0 Å². The van der Waals surface area contributed by atoms with E-state index in [0.29, 0.717) is 6.04 Å². The molecule has 0 spiro atoms. The highest BCUT2D eigenvalue weighted by Crippen LogP contribution is 2.29. The molecule has 1 N–H and O–H groups in total. The molecule has 0 aliphatic heterocycles. The van der Waals surface area contributed by atoms with Crippen LogP contribution in [0, 0.1) is 5.82 Å². The van der Waals surface area contributed by atoms with Gasteiger partial charge in [-0.2, -0.15) is 0 Å². The van der Waals surface area contributed by atoms with E-state index in [0.717, 1.165) is 25.3 Å². The molecule has 1 aromatic carbocycles. The molecule has 0 radical (unpaired) electrons. The molecule has 0 aromatic heterocycles. The molecule has 1 aromatic rings. The summed E-state index contributed by atoms with van der Waals surface area (Å²) in [5.41, 5.74) is 0.744. The Labute approximate surface area is 114 Å². The van der Waals surface area contributed by atoms with E-state index in [1.165, 1.54) is 18.9 Å². The third kappa shape index (κ3) is 4.00. The summed E-state index contributed by atoms with van der Waals surface area (Å²) in [5, 5.41) is 3.23. The van der Waals surface area contributed by atoms with Gasteiger partial charge in [0.2, 0.25) is 0 Å². The molecule has 19 heavy (non-hydrogen) atoms. The van der Waals surface area contributed by atoms with E-state index in [1.54, 1.807) is 13.2 Å². The van der Waals surface area contributed by atoms with Crippen molar-refractivity contribution in [3.8, 4) is 0 Å². The van der Waals surface area contributed by atoms with Crippen molar-refractivity contribution in [2.24, 2.45) is 0 Å². The predicted octanol–water partition coefficient (Wildman–Crippen LogP) is 2.20. The number of likely N-dealkylation sites (N-methyl/N-ethyl adjacent to an activating group) is 1. The van der Waals surface area contributed by atoms with Gasteiger partial charge in [0, 0.05) is 37.8 Å². The quantitative estimate of drug-likeness (QED) is 0.780. The van der Waals surface area contributed by atoms with Crippen molar-refractivity contribution >= 4 is 0 Å². The van der Waals surface area contributed by atoms with Crippen LogP contribution in [0.15, 0.2) is 24.3 Å². The summed E-state index contributed by atoms with van der Waals surface area (Å²) in [7, 11) is 3.61. The van der Waals surface area contributed by atoms with Crippen molar-refractivity contribution in [2.75, 3.05) is 33.9 Å². The number of benzene rings is 1. The first-order valence-corrected chi connectivity index (χ1v) is 6.91. The van der Waals surface area contributed by atoms with Crippen molar-refractivity contribution in [1.82, 2.24) is 10.2 Å². The summed E-state index contributed by atoms with van der Waals surface area (Å²) in [6, 6.07) is 7.68. The first-order valence-electron chi connectivity index (χ1n) is 6.91. The summed E-state index contributed by atoms with van der Waals surface area (Å²) in [6.07, 6.45) is 2.49. The zero-order chi connectivity index (χ0) is 13.7. The van der Waals surface area contributed by atoms with Crippen LogP contribution in [0.3, 0.4) is 0 Å². The number of rotatable bonds is 8. The fraction of sp³-hybridized carbons (Fsp3) is 0.600. The Morgan fingerprint density at radius 2 is 2.16 bits per heavy atom. The van der Waals surface area contributed by atoms with Crippen molar-refractivity contribution in [2.45, 2.75) is 24.9 Å². The van der Waals surface area contributed by atoms with Crippen molar-refractivity contribution in [3.63, 3.8) is 0 Å². The van der Waals surface area contributed by atoms with Gasteiger partial charge < -0.3 is 10.1 Å². The van der Waals surface area contributed by atoms with Gasteiger partial charge >= 0.3 is 0 Å². The molecule has 3 nitrogen and oxygen atoms in total. The molecule has 1 saturated carbocycles. The van der Waals surface area contributed by atoms with Crippen LogP contribution in [-0.2, 0) is 4.74 Å². The lowest BCUT2D eigenvalue weighted by atomic mass is 10.1. The minimum atomic E-state index is -0.135. The molecule has 0 saturated heterocycles. The van der Waals surface area contributed by atoms with E-state index in [9.17, 15) is 4.39 Å². The topological polar surface area (TPSA) is 24.5 Å². The van der Waals surface area contributed by atoms with Gasteiger partial charge in [-0.15, -0.1) is 0 Å². The third-order valence-corrected chi connectivity index (χ3v) is 3.69. The van der Waals surface area contributed by atoms with Gasteiger partial charge in [-0.1, -0.05) is 18.2 Å². The van der Waals surface area contributed by atoms with E-state index < -0.39 is 0 Å². The smallest absolute Gasteiger partial charge is 0.128 e. The normalized spacial score (nSPS) is 16.8. The molecule has 1 unspecified atom stereocenters. The lowest BCUT2D eigenvalue weighted by molar-refractivity contribution is 0.136. The molecule has 0 bridgehead atoms. The first-order chi connectivity index (χ1) is 9.26. The number of halogens is 1. The fourth-order valence-electron chi connectivity index (χ4n) is 2.41. The summed E-state index contributed by atoms with van der Waals surface area (Å²) in [6.45, 7) is 2.46. The molecule has 0 heterocycles. The number of methoxy groups -OCH3 is 1. The highest BCUT2D eigenvalue weighted by molar-refractivity contribution is 5.21. The fourth-order valence-corrected chi connectivity index (χ4v) is 2.41. The summed E-state index contributed by atoms with van der Waals surface area (Å²) in [4.78, 5) is 2.40. The number of nitrogens with zero attached hydrogens (tertiary/aromatic N) is 1. The van der Waals surface area contributed by atoms with Crippen LogP contribution in [0.1, 0.15) is 24.4 Å². The molecule has 1 fully saturated rings. The number of hydrogen-bond donors (Lipinski definition) is 1. The van der Waals surface area contributed by atoms with Crippen LogP contribution in [0.5, 0.6) is 0 Å². The Morgan fingerprint density at radius 1 is 1.42 bits per heavy atom. The monoisotopic (exact) mass is 266 g/mol. The first kappa shape index (κ1) is 14.4. The van der Waals surface area contributed by atoms with E-state index in [1.807, 2.05) is 19.2 Å². The minimum Gasteiger partial charge on any atom is -0.383 e. The van der Waals surface area contributed by atoms with Crippen molar-refractivity contribution in [1.29, 1.82) is 0 Å². The Kier molecular flexibility index (Phi) is 5.31. The van der Waals surface area contributed by atoms with Gasteiger partial charge in [0.15, 0.2) is 0 Å². The average Bonchev–Trinajstić information content (AvgIpc) is 3.25. The third-order valence-electron chi connectivity index (χ3n) is 3.69. The molecule has 4 heteroatoms. The van der Waals surface area contributed by atoms with E-state index >= 15 is 0 Å². The average molecular weight is 266 g/mol. The van der Waals surface area contributed by atoms with Gasteiger partial charge in [0.05, 0.1) is 6.61 Å². The second kappa shape index (κ2) is 6.98. The lowest BCUT2D eigenvalue weighted by Crippen LogP contribution is -2.37. The highest BCUT2D eigenvalue weighted by atomic mass is 19.1. The molecule has 1 aliphatic rings. The molecule has 106 valence electrons. The predicted molar refractivity (Wildman–Crippen MR) is 74.7 cm³/mol. The summed E-state index contributed by atoms with van der Waals surface area (Å²) < 4.78 is 19.0. The zero-order valence-corrected chi connectivity index (χ0v) is 11.7. The van der Waals surface area contributed by atoms with Gasteiger partial charge in [-0.05, 0) is 26.0 Å². The van der Waals surface area contributed by atoms with Gasteiger partial charge in [-0.3, -0.25) is 4.90 Å². The molecular formula is C15H23FN2O. The largest absolute Gasteiger partial charge is 0.383 e. The molecule has 1 aliphatic carbocycles. The van der Waals surface area contributed by atoms with E-state index in [4.69, 9.17) is 4.74 Å². The maximum atomic E-state index is 13.9. The minimum absolute atomic E-state index is 0.0265. The Bertz CT molecular complexity index is 395. The Balaban J connectivity index is 2.02. The van der Waals surface area contributed by atoms with Crippen molar-refractivity contribution in [3.05, 3.63) is 35.6 Å². The Hall–Kier alpha value is -0.970. The van der Waals surface area contributed by atoms with Gasteiger partial charge in [-0.25, -0.2) is 4.39 Å². The SMILES string of the molecule is CNC(CN(CCOC)C1CC1)c1ccccc1F. The number of ether oxygens (including phenoxy) is 1. The molecule has 1 atom stereocenters. The van der Waals surface area contributed by atoms with Crippen molar-refractivity contribution < 1.29 is 9.13 Å². The van der Waals surface area contributed by atoms with Crippen LogP contribution in [0.2, 0.25) is 0 Å². The van der Waals surface area contributed by atoms with Gasteiger partial charge in [0.1, 0.15) is 5.82 Å². The van der Waals surface area contributed by atoms with Crippen LogP contribution < -0.4 is 5.32 Å². The maximum absolute atomic E-state index is 13.9. The van der Waals surface area contributed by atoms with Crippen LogP contribution in [-0.4, -0.2) is 44.8 Å². The summed E-state index contributed by atoms with van der Waals surface area (Å²) >= 11 is 0. The number of nitrogens with one attached hydrogen (secondary N) is 1. The van der Waals surface area contributed by atoms with E-state index in [-0.39, 0.29) is 11.9 Å². The summed E-state index contributed by atoms with van der Waals surface area (Å²) in [5.74, 6) is -0.135. The molecule has 2 rings (SSSR count). The molecular weight excluding hydrogens is 243 g/mol.